The second kappa shape index (κ2) is 5.22. The van der Waals surface area contributed by atoms with Gasteiger partial charge in [-0.05, 0) is 25.1 Å². The third-order valence-electron chi connectivity index (χ3n) is 2.49. The third kappa shape index (κ3) is 2.53. The predicted molar refractivity (Wildman–Crippen MR) is 71.3 cm³/mol. The smallest absolute Gasteiger partial charge is 0.328 e. The molecule has 0 saturated heterocycles. The summed E-state index contributed by atoms with van der Waals surface area (Å²) in [6.45, 7) is 1.73. The van der Waals surface area contributed by atoms with Crippen molar-refractivity contribution in [3.8, 4) is 5.75 Å². The first kappa shape index (κ1) is 12.6. The average molecular weight is 266 g/mol. The van der Waals surface area contributed by atoms with Crippen LogP contribution in [-0.4, -0.2) is 31.2 Å². The average Bonchev–Trinajstić information content (AvgIpc) is 2.78. The zero-order valence-corrected chi connectivity index (χ0v) is 11.2. The Balaban J connectivity index is 2.22. The number of rotatable bonds is 4. The summed E-state index contributed by atoms with van der Waals surface area (Å²) in [4.78, 5) is 15.7. The highest BCUT2D eigenvalue weighted by Gasteiger charge is 2.14. The van der Waals surface area contributed by atoms with Crippen LogP contribution in [-0.2, 0) is 9.53 Å². The van der Waals surface area contributed by atoms with Crippen molar-refractivity contribution in [1.82, 2.24) is 4.98 Å². The maximum absolute atomic E-state index is 11.3. The lowest BCUT2D eigenvalue weighted by molar-refractivity contribution is -0.141. The van der Waals surface area contributed by atoms with Crippen molar-refractivity contribution in [3.05, 3.63) is 18.2 Å². The number of aromatic nitrogens is 1. The number of benzene rings is 1. The zero-order valence-electron chi connectivity index (χ0n) is 10.4. The van der Waals surface area contributed by atoms with E-state index < -0.39 is 6.04 Å². The molecule has 1 N–H and O–H groups in total. The lowest BCUT2D eigenvalue weighted by Crippen LogP contribution is -2.26. The van der Waals surface area contributed by atoms with Crippen LogP contribution in [0.1, 0.15) is 6.92 Å². The normalized spacial score (nSPS) is 12.2. The van der Waals surface area contributed by atoms with Crippen molar-refractivity contribution in [2.24, 2.45) is 0 Å². The molecule has 96 valence electrons. The van der Waals surface area contributed by atoms with Gasteiger partial charge in [0.2, 0.25) is 0 Å². The second-order valence-corrected chi connectivity index (χ2v) is 4.77. The monoisotopic (exact) mass is 266 g/mol. The molecular formula is C12H14N2O3S. The molecule has 0 fully saturated rings. The minimum Gasteiger partial charge on any atom is -0.497 e. The Morgan fingerprint density at radius 3 is 2.89 bits per heavy atom. The van der Waals surface area contributed by atoms with Gasteiger partial charge in [-0.3, -0.25) is 0 Å². The van der Waals surface area contributed by atoms with Crippen LogP contribution in [0.5, 0.6) is 5.75 Å². The summed E-state index contributed by atoms with van der Waals surface area (Å²) in [5.74, 6) is 0.477. The van der Waals surface area contributed by atoms with E-state index >= 15 is 0 Å². The summed E-state index contributed by atoms with van der Waals surface area (Å²) < 4.78 is 10.8. The van der Waals surface area contributed by atoms with Gasteiger partial charge in [-0.2, -0.15) is 0 Å². The van der Waals surface area contributed by atoms with Gasteiger partial charge in [0.25, 0.3) is 0 Å². The van der Waals surface area contributed by atoms with Crippen molar-refractivity contribution in [3.63, 3.8) is 0 Å². The van der Waals surface area contributed by atoms with E-state index in [0.717, 1.165) is 16.0 Å². The number of methoxy groups -OCH3 is 2. The molecule has 6 heteroatoms. The lowest BCUT2D eigenvalue weighted by atomic mass is 10.3. The number of nitrogens with zero attached hydrogens (tertiary/aromatic N) is 1. The number of carbonyl (C=O) groups is 1. The molecule has 18 heavy (non-hydrogen) atoms. The SMILES string of the molecule is COC(=O)C(C)Nc1nc2ccc(OC)cc2s1. The van der Waals surface area contributed by atoms with Crippen LogP contribution < -0.4 is 10.1 Å². The third-order valence-corrected chi connectivity index (χ3v) is 3.44. The Kier molecular flexibility index (Phi) is 3.66. The zero-order chi connectivity index (χ0) is 13.1. The number of fused-ring (bicyclic) bond motifs is 1. The summed E-state index contributed by atoms with van der Waals surface area (Å²) in [6.07, 6.45) is 0. The molecule has 2 rings (SSSR count). The lowest BCUT2D eigenvalue weighted by Gasteiger charge is -2.09. The van der Waals surface area contributed by atoms with Crippen LogP contribution in [0.4, 0.5) is 5.13 Å². The number of carbonyl (C=O) groups excluding carboxylic acids is 1. The Morgan fingerprint density at radius 1 is 1.44 bits per heavy atom. The van der Waals surface area contributed by atoms with Gasteiger partial charge in [0.05, 0.1) is 24.4 Å². The summed E-state index contributed by atoms with van der Waals surface area (Å²) >= 11 is 1.47. The molecule has 0 aliphatic heterocycles. The van der Waals surface area contributed by atoms with Crippen LogP contribution in [0.25, 0.3) is 10.2 Å². The Morgan fingerprint density at radius 2 is 2.22 bits per heavy atom. The van der Waals surface area contributed by atoms with Gasteiger partial charge in [-0.25, -0.2) is 9.78 Å². The molecule has 0 radical (unpaired) electrons. The van der Waals surface area contributed by atoms with Crippen LogP contribution in [0.15, 0.2) is 18.2 Å². The Bertz CT molecular complexity index is 567. The van der Waals surface area contributed by atoms with Gasteiger partial charge in [-0.15, -0.1) is 0 Å². The molecule has 0 spiro atoms. The first-order valence-electron chi connectivity index (χ1n) is 5.43. The van der Waals surface area contributed by atoms with E-state index in [4.69, 9.17) is 4.74 Å². The molecule has 1 aromatic carbocycles. The number of thiazole rings is 1. The summed E-state index contributed by atoms with van der Waals surface area (Å²) in [5, 5.41) is 3.70. The molecule has 0 amide bonds. The van der Waals surface area contributed by atoms with Crippen LogP contribution in [0.2, 0.25) is 0 Å². The molecule has 0 bridgehead atoms. The fourth-order valence-electron chi connectivity index (χ4n) is 1.51. The van der Waals surface area contributed by atoms with Crippen molar-refractivity contribution in [1.29, 1.82) is 0 Å². The number of esters is 1. The first-order valence-corrected chi connectivity index (χ1v) is 6.24. The van der Waals surface area contributed by atoms with Crippen molar-refractivity contribution in [2.75, 3.05) is 19.5 Å². The molecule has 5 nitrogen and oxygen atoms in total. The van der Waals surface area contributed by atoms with Gasteiger partial charge in [0.1, 0.15) is 11.8 Å². The predicted octanol–water partition coefficient (Wildman–Crippen LogP) is 2.28. The fourth-order valence-corrected chi connectivity index (χ4v) is 2.50. The highest BCUT2D eigenvalue weighted by Crippen LogP contribution is 2.29. The van der Waals surface area contributed by atoms with Crippen LogP contribution in [0, 0.1) is 0 Å². The highest BCUT2D eigenvalue weighted by atomic mass is 32.1. The molecule has 1 unspecified atom stereocenters. The summed E-state index contributed by atoms with van der Waals surface area (Å²) in [6, 6.07) is 5.24. The van der Waals surface area contributed by atoms with E-state index in [-0.39, 0.29) is 5.97 Å². The molecule has 1 aromatic heterocycles. The van der Waals surface area contributed by atoms with Crippen LogP contribution in [0.3, 0.4) is 0 Å². The summed E-state index contributed by atoms with van der Waals surface area (Å²) in [7, 11) is 2.99. The number of nitrogens with one attached hydrogen (secondary N) is 1. The van der Waals surface area contributed by atoms with Gasteiger partial charge >= 0.3 is 5.97 Å². The van der Waals surface area contributed by atoms with Crippen molar-refractivity contribution >= 4 is 32.7 Å². The van der Waals surface area contributed by atoms with E-state index in [9.17, 15) is 4.79 Å². The number of hydrogen-bond donors (Lipinski definition) is 1. The van der Waals surface area contributed by atoms with E-state index in [0.29, 0.717) is 5.13 Å². The maximum atomic E-state index is 11.3. The number of hydrogen-bond acceptors (Lipinski definition) is 6. The molecule has 0 aliphatic carbocycles. The molecule has 1 heterocycles. The molecular weight excluding hydrogens is 252 g/mol. The van der Waals surface area contributed by atoms with Gasteiger partial charge in [0, 0.05) is 0 Å². The first-order chi connectivity index (χ1) is 8.63. The summed E-state index contributed by atoms with van der Waals surface area (Å²) in [5.41, 5.74) is 0.875. The van der Waals surface area contributed by atoms with E-state index in [1.165, 1.54) is 18.4 Å². The Labute approximate surface area is 109 Å². The van der Waals surface area contributed by atoms with Gasteiger partial charge < -0.3 is 14.8 Å². The quantitative estimate of drug-likeness (QED) is 0.860. The molecule has 0 saturated carbocycles. The number of anilines is 1. The fraction of sp³-hybridized carbons (Fsp3) is 0.333. The standard InChI is InChI=1S/C12H14N2O3S/c1-7(11(15)17-3)13-12-14-9-5-4-8(16-2)6-10(9)18-12/h4-7H,1-3H3,(H,13,14). The van der Waals surface area contributed by atoms with E-state index in [1.807, 2.05) is 18.2 Å². The molecule has 0 aliphatic rings. The second-order valence-electron chi connectivity index (χ2n) is 3.74. The van der Waals surface area contributed by atoms with Crippen molar-refractivity contribution in [2.45, 2.75) is 13.0 Å². The van der Waals surface area contributed by atoms with Gasteiger partial charge in [-0.1, -0.05) is 11.3 Å². The topological polar surface area (TPSA) is 60.5 Å². The molecule has 2 aromatic rings. The van der Waals surface area contributed by atoms with Crippen LogP contribution >= 0.6 is 11.3 Å². The van der Waals surface area contributed by atoms with Crippen molar-refractivity contribution < 1.29 is 14.3 Å². The van der Waals surface area contributed by atoms with Gasteiger partial charge in [0.15, 0.2) is 5.13 Å². The van der Waals surface area contributed by atoms with E-state index in [1.54, 1.807) is 14.0 Å². The highest BCUT2D eigenvalue weighted by molar-refractivity contribution is 7.22. The maximum Gasteiger partial charge on any atom is 0.328 e. The minimum atomic E-state index is -0.419. The minimum absolute atomic E-state index is 0.313. The largest absolute Gasteiger partial charge is 0.497 e. The Hall–Kier alpha value is -1.82. The number of ether oxygens (including phenoxy) is 2. The van der Waals surface area contributed by atoms with E-state index in [2.05, 4.69) is 15.0 Å². The molecule has 1 atom stereocenters.